The summed E-state index contributed by atoms with van der Waals surface area (Å²) in [6, 6.07) is 9.70. The SMILES string of the molecule is COc1ccc2c(c1)CCCC2n1cnc2cccnc2c1=O. The zero-order valence-electron chi connectivity index (χ0n) is 12.9. The number of hydrogen-bond donors (Lipinski definition) is 0. The van der Waals surface area contributed by atoms with Crippen LogP contribution in [0.15, 0.2) is 47.7 Å². The molecule has 1 unspecified atom stereocenters. The quantitative estimate of drug-likeness (QED) is 0.730. The van der Waals surface area contributed by atoms with Crippen LogP contribution in [0.5, 0.6) is 5.75 Å². The Morgan fingerprint density at radius 1 is 1.26 bits per heavy atom. The van der Waals surface area contributed by atoms with Crippen LogP contribution < -0.4 is 10.3 Å². The number of ether oxygens (including phenoxy) is 1. The molecule has 1 aliphatic carbocycles. The third kappa shape index (κ3) is 2.29. The number of hydrogen-bond acceptors (Lipinski definition) is 4. The fourth-order valence-corrected chi connectivity index (χ4v) is 3.37. The van der Waals surface area contributed by atoms with Gasteiger partial charge >= 0.3 is 0 Å². The molecule has 23 heavy (non-hydrogen) atoms. The number of pyridine rings is 1. The second kappa shape index (κ2) is 5.50. The first-order valence-electron chi connectivity index (χ1n) is 7.76. The minimum atomic E-state index is -0.0794. The Hall–Kier alpha value is -2.69. The van der Waals surface area contributed by atoms with E-state index in [2.05, 4.69) is 22.1 Å². The molecule has 5 heteroatoms. The number of methoxy groups -OCH3 is 1. The van der Waals surface area contributed by atoms with Gasteiger partial charge in [-0.15, -0.1) is 0 Å². The van der Waals surface area contributed by atoms with Crippen LogP contribution in [0.1, 0.15) is 30.0 Å². The van der Waals surface area contributed by atoms with E-state index in [1.807, 2.05) is 12.1 Å². The van der Waals surface area contributed by atoms with Crippen LogP contribution in [0.2, 0.25) is 0 Å². The van der Waals surface area contributed by atoms with E-state index >= 15 is 0 Å². The maximum atomic E-state index is 12.8. The van der Waals surface area contributed by atoms with Crippen molar-refractivity contribution in [3.05, 3.63) is 64.3 Å². The molecule has 4 rings (SSSR count). The molecule has 0 fully saturated rings. The minimum absolute atomic E-state index is 0.0102. The van der Waals surface area contributed by atoms with E-state index in [9.17, 15) is 4.79 Å². The highest BCUT2D eigenvalue weighted by atomic mass is 16.5. The molecule has 0 amide bonds. The van der Waals surface area contributed by atoms with Crippen LogP contribution in [0.4, 0.5) is 0 Å². The van der Waals surface area contributed by atoms with Gasteiger partial charge in [-0.05, 0) is 54.7 Å². The Labute approximate surface area is 133 Å². The fraction of sp³-hybridized carbons (Fsp3) is 0.278. The highest BCUT2D eigenvalue weighted by Crippen LogP contribution is 2.34. The number of rotatable bonds is 2. The third-order valence-corrected chi connectivity index (χ3v) is 4.51. The van der Waals surface area contributed by atoms with Gasteiger partial charge in [-0.25, -0.2) is 9.97 Å². The van der Waals surface area contributed by atoms with E-state index in [1.165, 1.54) is 11.1 Å². The maximum Gasteiger partial charge on any atom is 0.280 e. The van der Waals surface area contributed by atoms with E-state index in [1.54, 1.807) is 30.3 Å². The Morgan fingerprint density at radius 2 is 2.17 bits per heavy atom. The van der Waals surface area contributed by atoms with Gasteiger partial charge in [0, 0.05) is 6.20 Å². The van der Waals surface area contributed by atoms with Crippen molar-refractivity contribution in [2.24, 2.45) is 0 Å². The average Bonchev–Trinajstić information content (AvgIpc) is 2.61. The lowest BCUT2D eigenvalue weighted by Gasteiger charge is -2.27. The zero-order valence-corrected chi connectivity index (χ0v) is 12.9. The Bertz CT molecular complexity index is 933. The van der Waals surface area contributed by atoms with Crippen molar-refractivity contribution in [2.45, 2.75) is 25.3 Å². The predicted octanol–water partition coefficient (Wildman–Crippen LogP) is 2.73. The van der Waals surface area contributed by atoms with Gasteiger partial charge in [0.1, 0.15) is 5.75 Å². The lowest BCUT2D eigenvalue weighted by molar-refractivity contribution is 0.411. The van der Waals surface area contributed by atoms with Crippen LogP contribution in [-0.4, -0.2) is 21.6 Å². The molecule has 3 aromatic rings. The Morgan fingerprint density at radius 3 is 3.04 bits per heavy atom. The van der Waals surface area contributed by atoms with Crippen LogP contribution in [0.25, 0.3) is 11.0 Å². The Balaban J connectivity index is 1.87. The van der Waals surface area contributed by atoms with Gasteiger partial charge in [0.2, 0.25) is 0 Å². The van der Waals surface area contributed by atoms with Gasteiger partial charge in [0.25, 0.3) is 5.56 Å². The molecule has 0 saturated heterocycles. The van der Waals surface area contributed by atoms with Crippen LogP contribution >= 0.6 is 0 Å². The summed E-state index contributed by atoms with van der Waals surface area (Å²) >= 11 is 0. The number of fused-ring (bicyclic) bond motifs is 2. The minimum Gasteiger partial charge on any atom is -0.497 e. The second-order valence-electron chi connectivity index (χ2n) is 5.80. The molecular formula is C18H17N3O2. The first-order valence-corrected chi connectivity index (χ1v) is 7.76. The summed E-state index contributed by atoms with van der Waals surface area (Å²) in [5, 5.41) is 0. The number of benzene rings is 1. The van der Waals surface area contributed by atoms with Crippen molar-refractivity contribution in [1.82, 2.24) is 14.5 Å². The molecule has 0 spiro atoms. The first-order chi connectivity index (χ1) is 11.3. The highest BCUT2D eigenvalue weighted by Gasteiger charge is 2.23. The molecule has 1 aromatic carbocycles. The van der Waals surface area contributed by atoms with Crippen molar-refractivity contribution in [2.75, 3.05) is 7.11 Å². The van der Waals surface area contributed by atoms with Gasteiger partial charge in [-0.2, -0.15) is 0 Å². The van der Waals surface area contributed by atoms with E-state index < -0.39 is 0 Å². The summed E-state index contributed by atoms with van der Waals surface area (Å²) in [6.07, 6.45) is 6.26. The van der Waals surface area contributed by atoms with E-state index in [0.29, 0.717) is 11.0 Å². The van der Waals surface area contributed by atoms with Crippen molar-refractivity contribution in [3.8, 4) is 5.75 Å². The lowest BCUT2D eigenvalue weighted by atomic mass is 9.87. The van der Waals surface area contributed by atoms with Gasteiger partial charge in [0.05, 0.1) is 25.0 Å². The summed E-state index contributed by atoms with van der Waals surface area (Å²) in [5.41, 5.74) is 3.41. The van der Waals surface area contributed by atoms with Crippen molar-refractivity contribution >= 4 is 11.0 Å². The van der Waals surface area contributed by atoms with Crippen LogP contribution in [0, 0.1) is 0 Å². The standard InChI is InChI=1S/C18H17N3O2/c1-23-13-7-8-14-12(10-13)4-2-6-16(14)21-11-20-15-5-3-9-19-17(15)18(21)22/h3,5,7-11,16H,2,4,6H2,1H3. The molecule has 2 aromatic heterocycles. The molecule has 1 atom stereocenters. The molecular weight excluding hydrogens is 290 g/mol. The average molecular weight is 307 g/mol. The summed E-state index contributed by atoms with van der Waals surface area (Å²) in [5.74, 6) is 0.857. The van der Waals surface area contributed by atoms with Crippen molar-refractivity contribution in [3.63, 3.8) is 0 Å². The van der Waals surface area contributed by atoms with E-state index in [-0.39, 0.29) is 11.6 Å². The maximum absolute atomic E-state index is 12.8. The third-order valence-electron chi connectivity index (χ3n) is 4.51. The highest BCUT2D eigenvalue weighted by molar-refractivity contribution is 5.72. The Kier molecular flexibility index (Phi) is 3.33. The predicted molar refractivity (Wildman–Crippen MR) is 87.9 cm³/mol. The first kappa shape index (κ1) is 13.9. The molecule has 0 aliphatic heterocycles. The fourth-order valence-electron chi connectivity index (χ4n) is 3.37. The van der Waals surface area contributed by atoms with Gasteiger partial charge in [-0.1, -0.05) is 6.07 Å². The zero-order chi connectivity index (χ0) is 15.8. The lowest BCUT2D eigenvalue weighted by Crippen LogP contribution is -2.28. The normalized spacial score (nSPS) is 17.0. The van der Waals surface area contributed by atoms with Crippen molar-refractivity contribution < 1.29 is 4.74 Å². The second-order valence-corrected chi connectivity index (χ2v) is 5.80. The molecule has 116 valence electrons. The number of aromatic nitrogens is 3. The van der Waals surface area contributed by atoms with Crippen LogP contribution in [0.3, 0.4) is 0 Å². The number of nitrogens with zero attached hydrogens (tertiary/aromatic N) is 3. The largest absolute Gasteiger partial charge is 0.497 e. The molecule has 2 heterocycles. The molecule has 1 aliphatic rings. The summed E-state index contributed by atoms with van der Waals surface area (Å²) in [7, 11) is 1.67. The summed E-state index contributed by atoms with van der Waals surface area (Å²) in [4.78, 5) is 21.4. The number of aryl methyl sites for hydroxylation is 1. The summed E-state index contributed by atoms with van der Waals surface area (Å²) in [6.45, 7) is 0. The molecule has 0 radical (unpaired) electrons. The smallest absolute Gasteiger partial charge is 0.280 e. The molecule has 0 saturated carbocycles. The van der Waals surface area contributed by atoms with Gasteiger partial charge in [-0.3, -0.25) is 9.36 Å². The molecule has 0 N–H and O–H groups in total. The van der Waals surface area contributed by atoms with Gasteiger partial charge in [0.15, 0.2) is 5.52 Å². The summed E-state index contributed by atoms with van der Waals surface area (Å²) < 4.78 is 7.03. The molecule has 5 nitrogen and oxygen atoms in total. The topological polar surface area (TPSA) is 57.0 Å². The van der Waals surface area contributed by atoms with Crippen LogP contribution in [-0.2, 0) is 6.42 Å². The van der Waals surface area contributed by atoms with Crippen molar-refractivity contribution in [1.29, 1.82) is 0 Å². The van der Waals surface area contributed by atoms with E-state index in [4.69, 9.17) is 4.74 Å². The molecule has 0 bridgehead atoms. The monoisotopic (exact) mass is 307 g/mol. The van der Waals surface area contributed by atoms with E-state index in [0.717, 1.165) is 25.0 Å². The van der Waals surface area contributed by atoms with Gasteiger partial charge < -0.3 is 4.74 Å².